The Bertz CT molecular complexity index is 1080. The molecule has 0 bridgehead atoms. The van der Waals surface area contributed by atoms with Crippen LogP contribution in [0.2, 0.25) is 0 Å². The number of hydrogen-bond donors (Lipinski definition) is 4. The second kappa shape index (κ2) is 12.1. The number of carboxylic acid groups (broad SMARTS) is 1. The van der Waals surface area contributed by atoms with Crippen LogP contribution < -0.4 is 10.6 Å². The number of nitrogens with one attached hydrogen (secondary N) is 2. The molecule has 0 saturated carbocycles. The molecule has 202 valence electrons. The maximum absolute atomic E-state index is 13.6. The van der Waals surface area contributed by atoms with Crippen LogP contribution in [0, 0.1) is 13.8 Å². The zero-order valence-electron chi connectivity index (χ0n) is 23.0. The van der Waals surface area contributed by atoms with E-state index in [1.807, 2.05) is 44.2 Å². The SMILES string of the molecule is Cc1cc(O)cc(C)c1C[C@@H](C(=O)NC(C)(C)CNC(=O)CCc1ccccc1)N(C(=O)O)C(C)(C)C. The number of phenolic OH excluding ortho intramolecular Hbond substituents is 1. The summed E-state index contributed by atoms with van der Waals surface area (Å²) in [6, 6.07) is 11.9. The van der Waals surface area contributed by atoms with Crippen molar-refractivity contribution in [1.82, 2.24) is 15.5 Å². The second-order valence-corrected chi connectivity index (χ2v) is 11.2. The first-order chi connectivity index (χ1) is 17.1. The van der Waals surface area contributed by atoms with Gasteiger partial charge in [-0.15, -0.1) is 0 Å². The smallest absolute Gasteiger partial charge is 0.408 e. The van der Waals surface area contributed by atoms with Crippen LogP contribution >= 0.6 is 0 Å². The van der Waals surface area contributed by atoms with Gasteiger partial charge in [-0.05, 0) is 89.3 Å². The summed E-state index contributed by atoms with van der Waals surface area (Å²) in [5, 5.41) is 25.8. The maximum Gasteiger partial charge on any atom is 0.408 e. The number of aromatic hydroxyl groups is 1. The maximum atomic E-state index is 13.6. The lowest BCUT2D eigenvalue weighted by Crippen LogP contribution is -2.61. The van der Waals surface area contributed by atoms with Crippen LogP contribution in [0.1, 0.15) is 63.3 Å². The Morgan fingerprint density at radius 2 is 1.54 bits per heavy atom. The number of benzene rings is 2. The molecule has 0 aliphatic carbocycles. The average Bonchev–Trinajstić information content (AvgIpc) is 2.77. The van der Waals surface area contributed by atoms with Gasteiger partial charge in [0.05, 0.1) is 5.54 Å². The molecular formula is C29H41N3O5. The molecule has 2 rings (SSSR count). The van der Waals surface area contributed by atoms with Gasteiger partial charge in [-0.3, -0.25) is 14.5 Å². The molecule has 2 aromatic rings. The lowest BCUT2D eigenvalue weighted by atomic mass is 9.92. The lowest BCUT2D eigenvalue weighted by molar-refractivity contribution is -0.129. The Balaban J connectivity index is 2.18. The summed E-state index contributed by atoms with van der Waals surface area (Å²) < 4.78 is 0. The molecule has 0 saturated heterocycles. The van der Waals surface area contributed by atoms with Crippen LogP contribution in [0.4, 0.5) is 4.79 Å². The van der Waals surface area contributed by atoms with Gasteiger partial charge in [0, 0.05) is 24.9 Å². The number of phenols is 1. The minimum Gasteiger partial charge on any atom is -0.508 e. The predicted octanol–water partition coefficient (Wildman–Crippen LogP) is 4.34. The van der Waals surface area contributed by atoms with Gasteiger partial charge in [0.15, 0.2) is 0 Å². The molecule has 0 heterocycles. The van der Waals surface area contributed by atoms with Gasteiger partial charge in [-0.1, -0.05) is 30.3 Å². The highest BCUT2D eigenvalue weighted by Crippen LogP contribution is 2.26. The molecule has 0 aromatic heterocycles. The van der Waals surface area contributed by atoms with Crippen molar-refractivity contribution in [2.45, 2.75) is 84.8 Å². The molecule has 2 aromatic carbocycles. The van der Waals surface area contributed by atoms with Crippen LogP contribution in [-0.4, -0.2) is 56.7 Å². The summed E-state index contributed by atoms with van der Waals surface area (Å²) in [7, 11) is 0. The standard InChI is InChI=1S/C29H41N3O5/c1-19-15-22(33)16-20(2)23(19)17-24(32(27(36)37)28(3,4)5)26(35)31-29(6,7)18-30-25(34)14-13-21-11-9-8-10-12-21/h8-12,15-16,24,33H,13-14,17-18H2,1-7H3,(H,30,34)(H,31,35)(H,36,37)/t24-/m0/s1. The highest BCUT2D eigenvalue weighted by molar-refractivity contribution is 5.87. The monoisotopic (exact) mass is 511 g/mol. The number of carbonyl (C=O) groups is 3. The van der Waals surface area contributed by atoms with Crippen molar-refractivity contribution in [3.8, 4) is 5.75 Å². The minimum atomic E-state index is -1.20. The van der Waals surface area contributed by atoms with Crippen LogP contribution in [0.25, 0.3) is 0 Å². The Morgan fingerprint density at radius 1 is 0.973 bits per heavy atom. The van der Waals surface area contributed by atoms with E-state index in [2.05, 4.69) is 10.6 Å². The average molecular weight is 512 g/mol. The van der Waals surface area contributed by atoms with Crippen LogP contribution in [0.5, 0.6) is 5.75 Å². The van der Waals surface area contributed by atoms with Gasteiger partial charge in [0.1, 0.15) is 11.8 Å². The number of amides is 3. The molecular weight excluding hydrogens is 470 g/mol. The van der Waals surface area contributed by atoms with E-state index in [9.17, 15) is 24.6 Å². The van der Waals surface area contributed by atoms with E-state index in [-0.39, 0.29) is 24.6 Å². The summed E-state index contributed by atoms with van der Waals surface area (Å²) in [6.07, 6.45) is -0.111. The first-order valence-corrected chi connectivity index (χ1v) is 12.5. The largest absolute Gasteiger partial charge is 0.508 e. The quantitative estimate of drug-likeness (QED) is 0.378. The molecule has 37 heavy (non-hydrogen) atoms. The Kier molecular flexibility index (Phi) is 9.73. The lowest BCUT2D eigenvalue weighted by Gasteiger charge is -2.40. The van der Waals surface area contributed by atoms with Crippen molar-refractivity contribution in [1.29, 1.82) is 0 Å². The van der Waals surface area contributed by atoms with E-state index in [0.29, 0.717) is 12.8 Å². The van der Waals surface area contributed by atoms with Gasteiger partial charge < -0.3 is 20.8 Å². The van der Waals surface area contributed by atoms with Crippen LogP contribution in [0.15, 0.2) is 42.5 Å². The van der Waals surface area contributed by atoms with Gasteiger partial charge in [0.25, 0.3) is 0 Å². The van der Waals surface area contributed by atoms with Crippen molar-refractivity contribution >= 4 is 17.9 Å². The second-order valence-electron chi connectivity index (χ2n) is 11.2. The molecule has 0 spiro atoms. The molecule has 3 amide bonds. The van der Waals surface area contributed by atoms with E-state index in [4.69, 9.17) is 0 Å². The van der Waals surface area contributed by atoms with Gasteiger partial charge in [-0.25, -0.2) is 4.79 Å². The van der Waals surface area contributed by atoms with E-state index in [1.54, 1.807) is 46.8 Å². The summed E-state index contributed by atoms with van der Waals surface area (Å²) in [4.78, 5) is 39.5. The van der Waals surface area contributed by atoms with Gasteiger partial charge >= 0.3 is 6.09 Å². The van der Waals surface area contributed by atoms with E-state index in [0.717, 1.165) is 22.3 Å². The first-order valence-electron chi connectivity index (χ1n) is 12.5. The zero-order valence-corrected chi connectivity index (χ0v) is 23.0. The highest BCUT2D eigenvalue weighted by Gasteiger charge is 2.39. The molecule has 0 aliphatic heterocycles. The molecule has 8 nitrogen and oxygen atoms in total. The Labute approximate surface area is 220 Å². The fourth-order valence-corrected chi connectivity index (χ4v) is 4.45. The summed E-state index contributed by atoms with van der Waals surface area (Å²) in [5.41, 5.74) is 1.77. The topological polar surface area (TPSA) is 119 Å². The Morgan fingerprint density at radius 3 is 2.05 bits per heavy atom. The van der Waals surface area contributed by atoms with Gasteiger partial charge in [0.2, 0.25) is 11.8 Å². The summed E-state index contributed by atoms with van der Waals surface area (Å²) in [5.74, 6) is -0.456. The minimum absolute atomic E-state index is 0.120. The predicted molar refractivity (Wildman–Crippen MR) is 145 cm³/mol. The number of aryl methyl sites for hydroxylation is 3. The highest BCUT2D eigenvalue weighted by atomic mass is 16.4. The molecule has 0 aliphatic rings. The van der Waals surface area contributed by atoms with Crippen molar-refractivity contribution in [2.24, 2.45) is 0 Å². The van der Waals surface area contributed by atoms with Crippen molar-refractivity contribution in [3.63, 3.8) is 0 Å². The molecule has 0 radical (unpaired) electrons. The number of carbonyl (C=O) groups excluding carboxylic acids is 2. The Hall–Kier alpha value is -3.55. The molecule has 0 unspecified atom stereocenters. The number of hydrogen-bond acceptors (Lipinski definition) is 4. The third-order valence-corrected chi connectivity index (χ3v) is 6.29. The molecule has 8 heteroatoms. The van der Waals surface area contributed by atoms with Crippen LogP contribution in [-0.2, 0) is 22.4 Å². The number of nitrogens with zero attached hydrogens (tertiary/aromatic N) is 1. The first kappa shape index (κ1) is 29.7. The third-order valence-electron chi connectivity index (χ3n) is 6.29. The normalized spacial score (nSPS) is 12.5. The van der Waals surface area contributed by atoms with E-state index < -0.39 is 29.1 Å². The van der Waals surface area contributed by atoms with Crippen molar-refractivity contribution < 1.29 is 24.6 Å². The molecule has 1 atom stereocenters. The van der Waals surface area contributed by atoms with Crippen LogP contribution in [0.3, 0.4) is 0 Å². The third kappa shape index (κ3) is 8.81. The molecule has 0 fully saturated rings. The fourth-order valence-electron chi connectivity index (χ4n) is 4.45. The van der Waals surface area contributed by atoms with E-state index in [1.165, 1.54) is 4.90 Å². The number of rotatable bonds is 10. The fraction of sp³-hybridized carbons (Fsp3) is 0.483. The summed E-state index contributed by atoms with van der Waals surface area (Å²) in [6.45, 7) is 12.7. The van der Waals surface area contributed by atoms with Crippen molar-refractivity contribution in [3.05, 3.63) is 64.7 Å². The van der Waals surface area contributed by atoms with Gasteiger partial charge in [-0.2, -0.15) is 0 Å². The van der Waals surface area contributed by atoms with E-state index >= 15 is 0 Å². The van der Waals surface area contributed by atoms with Crippen molar-refractivity contribution in [2.75, 3.05) is 6.54 Å². The summed E-state index contributed by atoms with van der Waals surface area (Å²) >= 11 is 0. The zero-order chi connectivity index (χ0) is 28.0. The molecule has 4 N–H and O–H groups in total.